The van der Waals surface area contributed by atoms with Crippen molar-refractivity contribution < 1.29 is 28.8 Å². The molecule has 0 unspecified atom stereocenters. The molecule has 0 spiro atoms. The van der Waals surface area contributed by atoms with Crippen LogP contribution in [0.3, 0.4) is 0 Å². The van der Waals surface area contributed by atoms with Crippen LogP contribution in [0.15, 0.2) is 60.7 Å². The Bertz CT molecular complexity index is 1070. The summed E-state index contributed by atoms with van der Waals surface area (Å²) in [5, 5.41) is 8.86. The van der Waals surface area contributed by atoms with E-state index in [2.05, 4.69) is 24.3 Å². The summed E-state index contributed by atoms with van der Waals surface area (Å²) in [5.74, 6) is -0.342. The lowest BCUT2D eigenvalue weighted by atomic mass is 9.97. The average molecular weight is 681 g/mol. The molecule has 276 valence electrons. The van der Waals surface area contributed by atoms with Gasteiger partial charge in [-0.3, -0.25) is 4.79 Å². The Labute approximate surface area is 298 Å². The molecule has 1 fully saturated rings. The fourth-order valence-corrected chi connectivity index (χ4v) is 6.82. The first-order chi connectivity index (χ1) is 24.0. The van der Waals surface area contributed by atoms with Crippen LogP contribution < -0.4 is 0 Å². The molecule has 0 radical (unpaired) electrons. The lowest BCUT2D eigenvalue weighted by Gasteiger charge is -2.27. The lowest BCUT2D eigenvalue weighted by Crippen LogP contribution is -2.38. The van der Waals surface area contributed by atoms with Crippen LogP contribution in [0.5, 0.6) is 0 Å². The van der Waals surface area contributed by atoms with Crippen LogP contribution in [0.1, 0.15) is 153 Å². The number of unbranched alkanes of at least 4 members (excludes halogenated alkanes) is 14. The third-order valence-electron chi connectivity index (χ3n) is 9.61. The number of ketones is 1. The van der Waals surface area contributed by atoms with Crippen molar-refractivity contribution >= 4 is 5.78 Å². The molecule has 1 aliphatic heterocycles. The molecule has 49 heavy (non-hydrogen) atoms. The summed E-state index contributed by atoms with van der Waals surface area (Å²) >= 11 is 0. The standard InChI is InChI=1S/C43H68O6/c1-43(2)48-41(30-22-16-24-34-46-35-37-25-17-14-18-26-37)42(49-43)40(47-36-38-27-19-15-20-28-38)32-31-39(45)29-21-12-10-8-6-4-3-5-7-9-11-13-23-33-44/h14-15,17-20,25-28,40-42,44H,3-13,16,21-24,29-36H2,1-2H3/t40-,41-,42-/m1/s1. The van der Waals surface area contributed by atoms with Crippen molar-refractivity contribution in [2.24, 2.45) is 0 Å². The Morgan fingerprint density at radius 2 is 1.20 bits per heavy atom. The third-order valence-corrected chi connectivity index (χ3v) is 9.61. The summed E-state index contributed by atoms with van der Waals surface area (Å²) in [6.07, 6.45) is 21.3. The molecule has 0 saturated carbocycles. The van der Waals surface area contributed by atoms with Crippen molar-refractivity contribution in [3.8, 4) is 0 Å². The fraction of sp³-hybridized carbons (Fsp3) is 0.698. The van der Waals surface area contributed by atoms with E-state index in [9.17, 15) is 4.79 Å². The largest absolute Gasteiger partial charge is 0.396 e. The zero-order valence-corrected chi connectivity index (χ0v) is 31.0. The Balaban J connectivity index is 1.34. The molecule has 3 atom stereocenters. The van der Waals surface area contributed by atoms with Gasteiger partial charge >= 0.3 is 0 Å². The van der Waals surface area contributed by atoms with Gasteiger partial charge in [-0.05, 0) is 57.1 Å². The van der Waals surface area contributed by atoms with Crippen LogP contribution in [-0.4, -0.2) is 48.2 Å². The maximum absolute atomic E-state index is 13.0. The van der Waals surface area contributed by atoms with Gasteiger partial charge in [0, 0.05) is 26.1 Å². The summed E-state index contributed by atoms with van der Waals surface area (Å²) in [4.78, 5) is 13.0. The highest BCUT2D eigenvalue weighted by atomic mass is 16.8. The number of ether oxygens (including phenoxy) is 4. The number of Topliss-reactive ketones (excluding diaryl/α,β-unsaturated/α-hetero) is 1. The van der Waals surface area contributed by atoms with E-state index in [0.29, 0.717) is 44.9 Å². The summed E-state index contributed by atoms with van der Waals surface area (Å²) in [7, 11) is 0. The second-order valence-corrected chi connectivity index (χ2v) is 14.5. The number of benzene rings is 2. The SMILES string of the molecule is CC1(C)O[C@H]([C@@H](CCC(=O)CCCCCCCCCCCCCCCO)OCc2ccccc2)[C@@H](CCCCCOCc2ccccc2)O1. The van der Waals surface area contributed by atoms with E-state index in [1.807, 2.05) is 50.2 Å². The molecule has 0 aliphatic carbocycles. The van der Waals surface area contributed by atoms with Gasteiger partial charge in [0.05, 0.1) is 25.4 Å². The van der Waals surface area contributed by atoms with Crippen molar-refractivity contribution in [3.05, 3.63) is 71.8 Å². The highest BCUT2D eigenvalue weighted by Crippen LogP contribution is 2.35. The molecule has 1 aliphatic rings. The maximum Gasteiger partial charge on any atom is 0.163 e. The molecule has 1 heterocycles. The number of rotatable bonds is 30. The zero-order valence-electron chi connectivity index (χ0n) is 31.0. The minimum atomic E-state index is -0.673. The van der Waals surface area contributed by atoms with Gasteiger partial charge in [-0.2, -0.15) is 0 Å². The van der Waals surface area contributed by atoms with Crippen molar-refractivity contribution in [2.75, 3.05) is 13.2 Å². The molecule has 2 aromatic rings. The lowest BCUT2D eigenvalue weighted by molar-refractivity contribution is -0.161. The van der Waals surface area contributed by atoms with Crippen molar-refractivity contribution in [3.63, 3.8) is 0 Å². The van der Waals surface area contributed by atoms with Crippen LogP contribution >= 0.6 is 0 Å². The van der Waals surface area contributed by atoms with Crippen LogP contribution in [0.2, 0.25) is 0 Å². The molecule has 0 aromatic heterocycles. The number of hydrogen-bond acceptors (Lipinski definition) is 6. The molecule has 2 aromatic carbocycles. The van der Waals surface area contributed by atoms with Crippen molar-refractivity contribution in [2.45, 2.75) is 180 Å². The number of aliphatic hydroxyl groups excluding tert-OH is 1. The second-order valence-electron chi connectivity index (χ2n) is 14.5. The minimum absolute atomic E-state index is 0.0621. The summed E-state index contributed by atoms with van der Waals surface area (Å²) in [6, 6.07) is 20.6. The molecule has 6 heteroatoms. The van der Waals surface area contributed by atoms with E-state index in [4.69, 9.17) is 24.1 Å². The van der Waals surface area contributed by atoms with E-state index in [1.54, 1.807) is 0 Å². The fourth-order valence-electron chi connectivity index (χ4n) is 6.82. The molecule has 3 rings (SSSR count). The van der Waals surface area contributed by atoms with Gasteiger partial charge in [-0.25, -0.2) is 0 Å². The molecule has 6 nitrogen and oxygen atoms in total. The minimum Gasteiger partial charge on any atom is -0.396 e. The Morgan fingerprint density at radius 3 is 1.80 bits per heavy atom. The molecular formula is C43H68O6. The van der Waals surface area contributed by atoms with Crippen LogP contribution in [0, 0.1) is 0 Å². The predicted octanol–water partition coefficient (Wildman–Crippen LogP) is 10.7. The Hall–Kier alpha value is -2.09. The highest BCUT2D eigenvalue weighted by Gasteiger charge is 2.45. The number of aliphatic hydroxyl groups is 1. The number of hydrogen-bond donors (Lipinski definition) is 1. The molecule has 0 amide bonds. The van der Waals surface area contributed by atoms with E-state index in [1.165, 1.54) is 63.4 Å². The van der Waals surface area contributed by atoms with Crippen LogP contribution in [-0.2, 0) is 37.0 Å². The van der Waals surface area contributed by atoms with Crippen LogP contribution in [0.25, 0.3) is 0 Å². The van der Waals surface area contributed by atoms with E-state index >= 15 is 0 Å². The molecule has 1 N–H and O–H groups in total. The van der Waals surface area contributed by atoms with E-state index in [0.717, 1.165) is 63.5 Å². The average Bonchev–Trinajstić information content (AvgIpc) is 3.42. The number of carbonyl (C=O) groups is 1. The zero-order chi connectivity index (χ0) is 34.8. The van der Waals surface area contributed by atoms with Crippen LogP contribution in [0.4, 0.5) is 0 Å². The highest BCUT2D eigenvalue weighted by molar-refractivity contribution is 5.78. The summed E-state index contributed by atoms with van der Waals surface area (Å²) < 4.78 is 25.3. The Kier molecular flexibility index (Phi) is 21.8. The molecule has 1 saturated heterocycles. The third kappa shape index (κ3) is 19.2. The molecule has 0 bridgehead atoms. The van der Waals surface area contributed by atoms with Gasteiger partial charge in [0.15, 0.2) is 5.79 Å². The van der Waals surface area contributed by atoms with E-state index < -0.39 is 5.79 Å². The maximum atomic E-state index is 13.0. The summed E-state index contributed by atoms with van der Waals surface area (Å²) in [6.45, 7) is 6.21. The number of carbonyl (C=O) groups excluding carboxylic acids is 1. The van der Waals surface area contributed by atoms with E-state index in [-0.39, 0.29) is 18.3 Å². The smallest absolute Gasteiger partial charge is 0.163 e. The monoisotopic (exact) mass is 681 g/mol. The summed E-state index contributed by atoms with van der Waals surface area (Å²) in [5.41, 5.74) is 2.33. The van der Waals surface area contributed by atoms with Gasteiger partial charge in [0.1, 0.15) is 11.9 Å². The van der Waals surface area contributed by atoms with Gasteiger partial charge in [0.25, 0.3) is 0 Å². The topological polar surface area (TPSA) is 74.2 Å². The normalized spacial score (nSPS) is 17.8. The first-order valence-corrected chi connectivity index (χ1v) is 19.7. The first kappa shape index (κ1) is 41.3. The van der Waals surface area contributed by atoms with Gasteiger partial charge in [-0.1, -0.05) is 144 Å². The second kappa shape index (κ2) is 25.8. The Morgan fingerprint density at radius 1 is 0.673 bits per heavy atom. The predicted molar refractivity (Wildman–Crippen MR) is 199 cm³/mol. The first-order valence-electron chi connectivity index (χ1n) is 19.7. The molecular weight excluding hydrogens is 612 g/mol. The van der Waals surface area contributed by atoms with Gasteiger partial charge in [0.2, 0.25) is 0 Å². The van der Waals surface area contributed by atoms with Crippen molar-refractivity contribution in [1.82, 2.24) is 0 Å². The van der Waals surface area contributed by atoms with Crippen molar-refractivity contribution in [1.29, 1.82) is 0 Å². The quantitative estimate of drug-likeness (QED) is 0.0828. The van der Waals surface area contributed by atoms with Gasteiger partial charge in [-0.15, -0.1) is 0 Å². The van der Waals surface area contributed by atoms with Gasteiger partial charge < -0.3 is 24.1 Å².